The van der Waals surface area contributed by atoms with Crippen LogP contribution < -0.4 is 0 Å². The number of nitrogens with zero attached hydrogens (tertiary/aromatic N) is 2. The molecule has 0 aliphatic carbocycles. The number of fused-ring (bicyclic) bond motifs is 2. The van der Waals surface area contributed by atoms with E-state index in [4.69, 9.17) is 4.74 Å². The third-order valence-corrected chi connectivity index (χ3v) is 4.49. The fraction of sp³-hybridized carbons (Fsp3) is 0.929. The van der Waals surface area contributed by atoms with Crippen molar-refractivity contribution in [2.24, 2.45) is 5.92 Å². The van der Waals surface area contributed by atoms with Gasteiger partial charge in [-0.05, 0) is 46.0 Å². The minimum absolute atomic E-state index is 0.0876. The van der Waals surface area contributed by atoms with Crippen LogP contribution in [0.2, 0.25) is 0 Å². The Morgan fingerprint density at radius 1 is 1.22 bits per heavy atom. The largest absolute Gasteiger partial charge is 0.444 e. The van der Waals surface area contributed by atoms with Crippen molar-refractivity contribution in [3.05, 3.63) is 0 Å². The predicted octanol–water partition coefficient (Wildman–Crippen LogP) is 2.09. The summed E-state index contributed by atoms with van der Waals surface area (Å²) in [5, 5.41) is 0. The molecule has 4 heteroatoms. The second kappa shape index (κ2) is 4.12. The Morgan fingerprint density at radius 3 is 2.67 bits per heavy atom. The summed E-state index contributed by atoms with van der Waals surface area (Å²) in [6.07, 6.45) is 3.34. The molecule has 3 aliphatic rings. The summed E-state index contributed by atoms with van der Waals surface area (Å²) >= 11 is 0. The highest BCUT2D eigenvalue weighted by Gasteiger charge is 2.49. The third-order valence-electron chi connectivity index (χ3n) is 4.49. The molecule has 3 bridgehead atoms. The normalized spacial score (nSPS) is 38.7. The molecule has 102 valence electrons. The van der Waals surface area contributed by atoms with Crippen molar-refractivity contribution in [2.45, 2.75) is 57.7 Å². The van der Waals surface area contributed by atoms with Gasteiger partial charge >= 0.3 is 6.09 Å². The zero-order chi connectivity index (χ0) is 12.9. The monoisotopic (exact) mass is 252 g/mol. The van der Waals surface area contributed by atoms with E-state index in [1.807, 2.05) is 20.8 Å². The molecule has 18 heavy (non-hydrogen) atoms. The molecule has 3 saturated heterocycles. The quantitative estimate of drug-likeness (QED) is 0.662. The Hall–Kier alpha value is -0.770. The van der Waals surface area contributed by atoms with Gasteiger partial charge in [-0.1, -0.05) is 0 Å². The van der Waals surface area contributed by atoms with Crippen molar-refractivity contribution in [1.29, 1.82) is 0 Å². The Labute approximate surface area is 109 Å². The minimum atomic E-state index is -0.384. The molecule has 0 aromatic heterocycles. The predicted molar refractivity (Wildman–Crippen MR) is 69.4 cm³/mol. The number of rotatable bonds is 0. The Balaban J connectivity index is 1.78. The molecule has 0 spiro atoms. The molecular formula is C14H24N2O2. The zero-order valence-electron chi connectivity index (χ0n) is 11.7. The molecule has 4 atom stereocenters. The van der Waals surface area contributed by atoms with E-state index >= 15 is 0 Å². The van der Waals surface area contributed by atoms with Crippen LogP contribution in [0.1, 0.15) is 40.0 Å². The number of carbonyl (C=O) groups excluding carboxylic acids is 1. The average molecular weight is 252 g/mol. The maximum absolute atomic E-state index is 12.4. The molecule has 0 aromatic rings. The summed E-state index contributed by atoms with van der Waals surface area (Å²) in [4.78, 5) is 17.0. The number of amides is 1. The van der Waals surface area contributed by atoms with Gasteiger partial charge in [0.25, 0.3) is 0 Å². The number of hydrogen-bond donors (Lipinski definition) is 0. The fourth-order valence-corrected chi connectivity index (χ4v) is 3.82. The molecule has 1 amide bonds. The highest BCUT2D eigenvalue weighted by molar-refractivity contribution is 5.69. The highest BCUT2D eigenvalue weighted by atomic mass is 16.6. The summed E-state index contributed by atoms with van der Waals surface area (Å²) in [6, 6.07) is 0.849. The molecule has 3 aliphatic heterocycles. The van der Waals surface area contributed by atoms with Gasteiger partial charge in [-0.3, -0.25) is 0 Å². The van der Waals surface area contributed by atoms with Crippen LogP contribution >= 0.6 is 0 Å². The van der Waals surface area contributed by atoms with Crippen molar-refractivity contribution in [3.8, 4) is 0 Å². The topological polar surface area (TPSA) is 32.8 Å². The first-order valence-corrected chi connectivity index (χ1v) is 7.18. The lowest BCUT2D eigenvalue weighted by Gasteiger charge is -2.41. The van der Waals surface area contributed by atoms with Crippen LogP contribution in [-0.2, 0) is 4.74 Å². The first-order valence-electron chi connectivity index (χ1n) is 7.18. The second-order valence-electron chi connectivity index (χ2n) is 6.98. The van der Waals surface area contributed by atoms with E-state index in [1.165, 1.54) is 13.0 Å². The lowest BCUT2D eigenvalue weighted by molar-refractivity contribution is -0.00113. The van der Waals surface area contributed by atoms with Crippen LogP contribution in [0.3, 0.4) is 0 Å². The molecule has 4 unspecified atom stereocenters. The van der Waals surface area contributed by atoms with Crippen molar-refractivity contribution < 1.29 is 9.53 Å². The van der Waals surface area contributed by atoms with Crippen LogP contribution in [0.15, 0.2) is 0 Å². The van der Waals surface area contributed by atoms with Gasteiger partial charge in [-0.2, -0.15) is 0 Å². The Morgan fingerprint density at radius 2 is 1.94 bits per heavy atom. The molecule has 0 radical (unpaired) electrons. The van der Waals surface area contributed by atoms with Crippen LogP contribution in [0, 0.1) is 5.92 Å². The van der Waals surface area contributed by atoms with Gasteiger partial charge in [-0.15, -0.1) is 0 Å². The molecule has 0 N–H and O–H groups in total. The average Bonchev–Trinajstić information content (AvgIpc) is 2.49. The van der Waals surface area contributed by atoms with E-state index in [-0.39, 0.29) is 11.7 Å². The first kappa shape index (κ1) is 12.3. The molecule has 3 fully saturated rings. The Kier molecular flexibility index (Phi) is 2.81. The van der Waals surface area contributed by atoms with Crippen molar-refractivity contribution in [3.63, 3.8) is 0 Å². The second-order valence-corrected chi connectivity index (χ2v) is 6.98. The number of carbonyl (C=O) groups is 1. The van der Waals surface area contributed by atoms with Crippen LogP contribution in [0.5, 0.6) is 0 Å². The van der Waals surface area contributed by atoms with Crippen LogP contribution in [0.4, 0.5) is 4.79 Å². The number of ether oxygens (including phenoxy) is 1. The van der Waals surface area contributed by atoms with Crippen molar-refractivity contribution in [2.75, 3.05) is 19.6 Å². The van der Waals surface area contributed by atoms with Gasteiger partial charge in [0.1, 0.15) is 5.60 Å². The van der Waals surface area contributed by atoms with E-state index in [9.17, 15) is 4.79 Å². The maximum Gasteiger partial charge on any atom is 0.410 e. The van der Waals surface area contributed by atoms with E-state index < -0.39 is 0 Å². The summed E-state index contributed by atoms with van der Waals surface area (Å²) in [7, 11) is 0. The van der Waals surface area contributed by atoms with Gasteiger partial charge < -0.3 is 14.5 Å². The first-order chi connectivity index (χ1) is 8.44. The summed E-state index contributed by atoms with van der Waals surface area (Å²) in [5.41, 5.74) is -0.384. The maximum atomic E-state index is 12.4. The lowest BCUT2D eigenvalue weighted by atomic mass is 9.93. The van der Waals surface area contributed by atoms with E-state index in [1.54, 1.807) is 0 Å². The minimum Gasteiger partial charge on any atom is -0.444 e. The fourth-order valence-electron chi connectivity index (χ4n) is 3.82. The lowest BCUT2D eigenvalue weighted by Crippen LogP contribution is -2.53. The smallest absolute Gasteiger partial charge is 0.410 e. The summed E-state index contributed by atoms with van der Waals surface area (Å²) in [5.74, 6) is 0.679. The van der Waals surface area contributed by atoms with Gasteiger partial charge in [0.05, 0.1) is 0 Å². The molecule has 4 nitrogen and oxygen atoms in total. The van der Waals surface area contributed by atoms with Gasteiger partial charge in [-0.25, -0.2) is 4.79 Å². The molecule has 3 heterocycles. The van der Waals surface area contributed by atoms with Gasteiger partial charge in [0.2, 0.25) is 0 Å². The standard InChI is InChI=1S/C14H24N2O2/c1-14(2,3)18-13(17)16-11-4-6-15-7-5-12(16)10(8-11)9-15/h10-12H,4-9H2,1-3H3. The van der Waals surface area contributed by atoms with Crippen LogP contribution in [-0.4, -0.2) is 53.2 Å². The summed E-state index contributed by atoms with van der Waals surface area (Å²) < 4.78 is 5.59. The van der Waals surface area contributed by atoms with Gasteiger partial charge in [0, 0.05) is 31.7 Å². The number of hydrogen-bond acceptors (Lipinski definition) is 3. The number of likely N-dealkylation sites (tertiary alicyclic amines) is 1. The SMILES string of the molecule is CC(C)(C)OC(=O)N1C2CCN3CCC1C(C2)C3. The zero-order valence-corrected chi connectivity index (χ0v) is 11.7. The van der Waals surface area contributed by atoms with E-state index in [0.29, 0.717) is 18.0 Å². The van der Waals surface area contributed by atoms with Crippen molar-refractivity contribution in [1.82, 2.24) is 9.80 Å². The molecule has 3 rings (SSSR count). The summed E-state index contributed by atoms with van der Waals surface area (Å²) in [6.45, 7) is 9.31. The van der Waals surface area contributed by atoms with E-state index in [0.717, 1.165) is 25.9 Å². The highest BCUT2D eigenvalue weighted by Crippen LogP contribution is 2.40. The Bertz CT molecular complexity index is 350. The molecule has 0 aromatic carbocycles. The molecular weight excluding hydrogens is 228 g/mol. The van der Waals surface area contributed by atoms with Crippen LogP contribution in [0.25, 0.3) is 0 Å². The van der Waals surface area contributed by atoms with E-state index in [2.05, 4.69) is 9.80 Å². The third kappa shape index (κ3) is 2.11. The van der Waals surface area contributed by atoms with Crippen molar-refractivity contribution >= 4 is 6.09 Å². The molecule has 0 saturated carbocycles. The number of piperidine rings is 1. The van der Waals surface area contributed by atoms with Gasteiger partial charge in [0.15, 0.2) is 0 Å².